The molecule has 5 atom stereocenters. The maximum absolute atomic E-state index is 13.2. The molecule has 5 heteroatoms. The molecule has 0 amide bonds. The summed E-state index contributed by atoms with van der Waals surface area (Å²) in [5, 5.41) is 18.0. The highest BCUT2D eigenvalue weighted by Gasteiger charge is 2.60. The van der Waals surface area contributed by atoms with Crippen molar-refractivity contribution in [1.82, 2.24) is 5.32 Å². The minimum atomic E-state index is -0.660. The molecular formula is C34H39FN2O2. The van der Waals surface area contributed by atoms with Gasteiger partial charge in [0.15, 0.2) is 5.78 Å². The van der Waals surface area contributed by atoms with Crippen molar-refractivity contribution in [2.75, 3.05) is 5.32 Å². The second kappa shape index (κ2) is 9.78. The monoisotopic (exact) mass is 526 g/mol. The van der Waals surface area contributed by atoms with Crippen molar-refractivity contribution in [3.63, 3.8) is 0 Å². The van der Waals surface area contributed by atoms with E-state index in [1.165, 1.54) is 28.8 Å². The predicted octanol–water partition coefficient (Wildman–Crippen LogP) is 7.15. The third kappa shape index (κ3) is 4.65. The highest BCUT2D eigenvalue weighted by Crippen LogP contribution is 2.66. The Bertz CT molecular complexity index is 1350. The average molecular weight is 527 g/mol. The second-order valence-corrected chi connectivity index (χ2v) is 12.5. The van der Waals surface area contributed by atoms with E-state index in [4.69, 9.17) is 0 Å². The van der Waals surface area contributed by atoms with Crippen molar-refractivity contribution in [3.8, 4) is 0 Å². The van der Waals surface area contributed by atoms with Gasteiger partial charge in [-0.3, -0.25) is 4.79 Å². The first-order valence-electron chi connectivity index (χ1n) is 14.4. The van der Waals surface area contributed by atoms with Gasteiger partial charge in [0.2, 0.25) is 0 Å². The Balaban J connectivity index is 1.25. The average Bonchev–Trinajstić information content (AvgIpc) is 3.16. The second-order valence-electron chi connectivity index (χ2n) is 12.5. The van der Waals surface area contributed by atoms with Crippen LogP contribution in [0.1, 0.15) is 75.8 Å². The van der Waals surface area contributed by atoms with Gasteiger partial charge in [-0.15, -0.1) is 0 Å². The SMILES string of the molecule is C=C(NCc1ccc([C@H]2C[C@@]3(C)C(CCC3(C)O)C3CCC4=CC(=O)CCC4=C32)cc1)Nc1ccc(F)cc1. The van der Waals surface area contributed by atoms with Crippen LogP contribution in [0.15, 0.2) is 83.7 Å². The fourth-order valence-electron chi connectivity index (χ4n) is 8.01. The molecule has 0 heterocycles. The number of hydrogen-bond acceptors (Lipinski definition) is 4. The molecule has 0 bridgehead atoms. The maximum atomic E-state index is 13.2. The van der Waals surface area contributed by atoms with Gasteiger partial charge in [0.25, 0.3) is 0 Å². The lowest BCUT2D eigenvalue weighted by atomic mass is 9.51. The van der Waals surface area contributed by atoms with E-state index in [0.717, 1.165) is 49.8 Å². The van der Waals surface area contributed by atoms with Crippen molar-refractivity contribution < 1.29 is 14.3 Å². The first kappa shape index (κ1) is 26.1. The van der Waals surface area contributed by atoms with E-state index in [0.29, 0.717) is 30.6 Å². The van der Waals surface area contributed by atoms with E-state index >= 15 is 0 Å². The van der Waals surface area contributed by atoms with Crippen molar-refractivity contribution in [2.45, 2.75) is 76.9 Å². The number of ketones is 1. The number of carbonyl (C=O) groups excluding carboxylic acids is 1. The fourth-order valence-corrected chi connectivity index (χ4v) is 8.01. The highest BCUT2D eigenvalue weighted by molar-refractivity contribution is 5.93. The van der Waals surface area contributed by atoms with E-state index < -0.39 is 5.60 Å². The molecule has 0 radical (unpaired) electrons. The van der Waals surface area contributed by atoms with Gasteiger partial charge in [0.05, 0.1) is 11.4 Å². The van der Waals surface area contributed by atoms with Crippen molar-refractivity contribution in [2.24, 2.45) is 17.3 Å². The molecule has 4 aliphatic carbocycles. The summed E-state index contributed by atoms with van der Waals surface area (Å²) in [6.45, 7) is 9.05. The van der Waals surface area contributed by atoms with Gasteiger partial charge in [-0.25, -0.2) is 4.39 Å². The quantitative estimate of drug-likeness (QED) is 0.374. The van der Waals surface area contributed by atoms with Crippen LogP contribution in [0.25, 0.3) is 0 Å². The van der Waals surface area contributed by atoms with Gasteiger partial charge >= 0.3 is 0 Å². The molecule has 0 aliphatic heterocycles. The molecule has 39 heavy (non-hydrogen) atoms. The Morgan fingerprint density at radius 2 is 1.79 bits per heavy atom. The van der Waals surface area contributed by atoms with Gasteiger partial charge in [-0.2, -0.15) is 0 Å². The molecule has 3 N–H and O–H groups in total. The lowest BCUT2D eigenvalue weighted by Crippen LogP contribution is -2.50. The summed E-state index contributed by atoms with van der Waals surface area (Å²) >= 11 is 0. The number of rotatable bonds is 6. The number of anilines is 1. The number of nitrogens with one attached hydrogen (secondary N) is 2. The zero-order valence-electron chi connectivity index (χ0n) is 23.0. The molecule has 2 aromatic rings. The molecule has 0 aromatic heterocycles. The first-order valence-corrected chi connectivity index (χ1v) is 14.4. The topological polar surface area (TPSA) is 61.4 Å². The molecule has 4 nitrogen and oxygen atoms in total. The van der Waals surface area contributed by atoms with Gasteiger partial charge in [0.1, 0.15) is 5.82 Å². The largest absolute Gasteiger partial charge is 0.390 e. The molecule has 3 unspecified atom stereocenters. The van der Waals surface area contributed by atoms with Gasteiger partial charge in [0, 0.05) is 30.0 Å². The molecular weight excluding hydrogens is 487 g/mol. The number of fused-ring (bicyclic) bond motifs is 4. The molecule has 0 spiro atoms. The minimum Gasteiger partial charge on any atom is -0.390 e. The number of carbonyl (C=O) groups is 1. The zero-order chi connectivity index (χ0) is 27.4. The Morgan fingerprint density at radius 3 is 2.54 bits per heavy atom. The van der Waals surface area contributed by atoms with E-state index in [1.807, 2.05) is 6.08 Å². The minimum absolute atomic E-state index is 0.123. The van der Waals surface area contributed by atoms with Crippen LogP contribution in [0.2, 0.25) is 0 Å². The van der Waals surface area contributed by atoms with E-state index in [2.05, 4.69) is 55.3 Å². The number of benzene rings is 2. The van der Waals surface area contributed by atoms with Crippen LogP contribution in [0.3, 0.4) is 0 Å². The highest BCUT2D eigenvalue weighted by atomic mass is 19.1. The maximum Gasteiger partial charge on any atom is 0.156 e. The lowest BCUT2D eigenvalue weighted by Gasteiger charge is -2.54. The summed E-state index contributed by atoms with van der Waals surface area (Å²) in [5.74, 6) is 1.88. The number of halogens is 1. The Kier molecular flexibility index (Phi) is 6.53. The summed E-state index contributed by atoms with van der Waals surface area (Å²) in [7, 11) is 0. The van der Waals surface area contributed by atoms with Gasteiger partial charge < -0.3 is 15.7 Å². The molecule has 4 aliphatic rings. The third-order valence-electron chi connectivity index (χ3n) is 10.3. The molecule has 204 valence electrons. The van der Waals surface area contributed by atoms with Crippen LogP contribution in [-0.4, -0.2) is 16.5 Å². The van der Waals surface area contributed by atoms with Crippen LogP contribution < -0.4 is 10.6 Å². The summed E-state index contributed by atoms with van der Waals surface area (Å²) in [6.07, 6.45) is 8.33. The molecule has 0 saturated heterocycles. The van der Waals surface area contributed by atoms with Crippen molar-refractivity contribution in [1.29, 1.82) is 0 Å². The van der Waals surface area contributed by atoms with Crippen LogP contribution in [0.5, 0.6) is 0 Å². The van der Waals surface area contributed by atoms with Gasteiger partial charge in [-0.1, -0.05) is 43.3 Å². The smallest absolute Gasteiger partial charge is 0.156 e. The molecule has 2 saturated carbocycles. The van der Waals surface area contributed by atoms with Crippen LogP contribution in [0, 0.1) is 23.1 Å². The Labute approximate surface area is 231 Å². The molecule has 6 rings (SSSR count). The number of aliphatic hydroxyl groups is 1. The van der Waals surface area contributed by atoms with Crippen molar-refractivity contribution >= 4 is 11.5 Å². The van der Waals surface area contributed by atoms with Crippen molar-refractivity contribution in [3.05, 3.63) is 101 Å². The molecule has 2 aromatic carbocycles. The predicted molar refractivity (Wildman–Crippen MR) is 153 cm³/mol. The Morgan fingerprint density at radius 1 is 1.05 bits per heavy atom. The number of hydrogen-bond donors (Lipinski definition) is 3. The third-order valence-corrected chi connectivity index (χ3v) is 10.3. The van der Waals surface area contributed by atoms with Gasteiger partial charge in [-0.05, 0) is 110 Å². The zero-order valence-corrected chi connectivity index (χ0v) is 23.0. The van der Waals surface area contributed by atoms with Crippen LogP contribution in [0.4, 0.5) is 10.1 Å². The summed E-state index contributed by atoms with van der Waals surface area (Å²) in [6, 6.07) is 15.1. The standard InChI is InChI=1S/C34H39FN2O2/c1-21(37-26-11-9-25(35)10-12-26)36-20-22-4-6-23(7-5-22)30-19-33(2)31(16-17-34(33,3)39)29-14-8-24-18-27(38)13-15-28(24)32(29)30/h4-7,9-12,18,29-31,36-37,39H,1,8,13-17,19-20H2,2-3H3/t29?,30-,31?,33+,34?/m1/s1. The summed E-state index contributed by atoms with van der Waals surface area (Å²) in [4.78, 5) is 12.2. The fraction of sp³-hybridized carbons (Fsp3) is 0.441. The molecule has 2 fully saturated rings. The summed E-state index contributed by atoms with van der Waals surface area (Å²) < 4.78 is 13.2. The van der Waals surface area contributed by atoms with E-state index in [9.17, 15) is 14.3 Å². The van der Waals surface area contributed by atoms with E-state index in [1.54, 1.807) is 17.7 Å². The summed E-state index contributed by atoms with van der Waals surface area (Å²) in [5.41, 5.74) is 6.72. The lowest BCUT2D eigenvalue weighted by molar-refractivity contribution is -0.114. The van der Waals surface area contributed by atoms with Crippen LogP contribution >= 0.6 is 0 Å². The van der Waals surface area contributed by atoms with Crippen LogP contribution in [-0.2, 0) is 11.3 Å². The van der Waals surface area contributed by atoms with E-state index in [-0.39, 0.29) is 22.9 Å². The first-order chi connectivity index (χ1) is 18.6. The Hall–Kier alpha value is -3.18. The number of allylic oxidation sites excluding steroid dienone is 4. The normalized spacial score (nSPS) is 31.6.